The van der Waals surface area contributed by atoms with E-state index in [1.54, 1.807) is 6.08 Å². The summed E-state index contributed by atoms with van der Waals surface area (Å²) in [6.45, 7) is 2.03. The summed E-state index contributed by atoms with van der Waals surface area (Å²) >= 11 is 6.78. The molecule has 4 heteroatoms. The molecule has 2 nitrogen and oxygen atoms in total. The number of amides is 1. The number of nitrogens with one attached hydrogen (secondary N) is 1. The molecule has 2 rings (SSSR count). The Morgan fingerprint density at radius 2 is 1.80 bits per heavy atom. The molecule has 1 N–H and O–H groups in total. The number of benzene rings is 2. The Kier molecular flexibility index (Phi) is 5.15. The van der Waals surface area contributed by atoms with Gasteiger partial charge in [0.05, 0.1) is 5.69 Å². The summed E-state index contributed by atoms with van der Waals surface area (Å²) < 4.78 is 1.79. The lowest BCUT2D eigenvalue weighted by Gasteiger charge is -2.05. The van der Waals surface area contributed by atoms with Gasteiger partial charge in [-0.05, 0) is 52.7 Å². The molecule has 102 valence electrons. The van der Waals surface area contributed by atoms with E-state index < -0.39 is 0 Å². The maximum Gasteiger partial charge on any atom is 0.248 e. The summed E-state index contributed by atoms with van der Waals surface area (Å²) in [6, 6.07) is 13.6. The van der Waals surface area contributed by atoms with E-state index in [9.17, 15) is 4.79 Å². The van der Waals surface area contributed by atoms with Crippen LogP contribution >= 0.6 is 31.9 Å². The Bertz CT molecular complexity index is 648. The molecule has 0 saturated heterocycles. The molecule has 0 aliphatic carbocycles. The molecule has 0 bridgehead atoms. The van der Waals surface area contributed by atoms with E-state index >= 15 is 0 Å². The van der Waals surface area contributed by atoms with Gasteiger partial charge >= 0.3 is 0 Å². The zero-order chi connectivity index (χ0) is 14.5. The Morgan fingerprint density at radius 3 is 2.45 bits per heavy atom. The molecular formula is C16H13Br2NO. The number of carbonyl (C=O) groups excluding carboxylic acids is 1. The van der Waals surface area contributed by atoms with Crippen molar-refractivity contribution in [1.29, 1.82) is 0 Å². The van der Waals surface area contributed by atoms with Crippen LogP contribution in [0.4, 0.5) is 5.69 Å². The smallest absolute Gasteiger partial charge is 0.248 e. The van der Waals surface area contributed by atoms with E-state index in [0.717, 1.165) is 20.2 Å². The third-order valence-corrected chi connectivity index (χ3v) is 3.84. The van der Waals surface area contributed by atoms with Crippen LogP contribution in [0.5, 0.6) is 0 Å². The lowest BCUT2D eigenvalue weighted by Crippen LogP contribution is -2.08. The van der Waals surface area contributed by atoms with Crippen molar-refractivity contribution in [2.24, 2.45) is 0 Å². The van der Waals surface area contributed by atoms with Gasteiger partial charge < -0.3 is 5.32 Å². The lowest BCUT2D eigenvalue weighted by atomic mass is 10.1. The molecule has 0 saturated carbocycles. The highest BCUT2D eigenvalue weighted by Crippen LogP contribution is 2.26. The summed E-state index contributed by atoms with van der Waals surface area (Å²) in [5.41, 5.74) is 2.94. The second kappa shape index (κ2) is 6.86. The SMILES string of the molecule is Cc1ccc(/C=C/C(=O)Nc2ccc(Br)cc2Br)cc1. The predicted molar refractivity (Wildman–Crippen MR) is 90.7 cm³/mol. The van der Waals surface area contributed by atoms with E-state index in [-0.39, 0.29) is 5.91 Å². The van der Waals surface area contributed by atoms with Gasteiger partial charge in [0.15, 0.2) is 0 Å². The van der Waals surface area contributed by atoms with E-state index in [2.05, 4.69) is 37.2 Å². The third kappa shape index (κ3) is 4.32. The number of carbonyl (C=O) groups is 1. The van der Waals surface area contributed by atoms with Crippen LogP contribution in [-0.4, -0.2) is 5.91 Å². The van der Waals surface area contributed by atoms with Crippen molar-refractivity contribution in [1.82, 2.24) is 0 Å². The van der Waals surface area contributed by atoms with Crippen LogP contribution in [0, 0.1) is 6.92 Å². The second-order valence-corrected chi connectivity index (χ2v) is 6.13. The fourth-order valence-electron chi connectivity index (χ4n) is 1.61. The van der Waals surface area contributed by atoms with Crippen LogP contribution in [0.25, 0.3) is 6.08 Å². The van der Waals surface area contributed by atoms with Gasteiger partial charge in [-0.1, -0.05) is 45.8 Å². The fraction of sp³-hybridized carbons (Fsp3) is 0.0625. The summed E-state index contributed by atoms with van der Waals surface area (Å²) in [4.78, 5) is 11.9. The molecule has 0 fully saturated rings. The molecule has 0 aliphatic rings. The topological polar surface area (TPSA) is 29.1 Å². The minimum atomic E-state index is -0.159. The largest absolute Gasteiger partial charge is 0.321 e. The molecule has 1 amide bonds. The zero-order valence-electron chi connectivity index (χ0n) is 10.9. The lowest BCUT2D eigenvalue weighted by molar-refractivity contribution is -0.111. The number of rotatable bonds is 3. The maximum atomic E-state index is 11.9. The van der Waals surface area contributed by atoms with Crippen molar-refractivity contribution in [3.8, 4) is 0 Å². The Hall–Kier alpha value is -1.39. The Balaban J connectivity index is 2.03. The van der Waals surface area contributed by atoms with Crippen LogP contribution in [0.2, 0.25) is 0 Å². The highest BCUT2D eigenvalue weighted by molar-refractivity contribution is 9.11. The molecule has 2 aromatic rings. The molecule has 0 radical (unpaired) electrons. The van der Waals surface area contributed by atoms with Crippen molar-refractivity contribution >= 4 is 49.5 Å². The maximum absolute atomic E-state index is 11.9. The predicted octanol–water partition coefficient (Wildman–Crippen LogP) is 5.17. The van der Waals surface area contributed by atoms with Crippen LogP contribution in [0.15, 0.2) is 57.5 Å². The molecule has 0 atom stereocenters. The first-order chi connectivity index (χ1) is 9.54. The van der Waals surface area contributed by atoms with E-state index in [0.29, 0.717) is 0 Å². The van der Waals surface area contributed by atoms with Gasteiger partial charge in [-0.25, -0.2) is 0 Å². The van der Waals surface area contributed by atoms with Crippen molar-refractivity contribution < 1.29 is 4.79 Å². The number of hydrogen-bond acceptors (Lipinski definition) is 1. The first kappa shape index (κ1) is 15.0. The fourth-order valence-corrected chi connectivity index (χ4v) is 2.76. The Labute approximate surface area is 135 Å². The zero-order valence-corrected chi connectivity index (χ0v) is 14.0. The minimum Gasteiger partial charge on any atom is -0.321 e. The molecule has 0 heterocycles. The molecule has 20 heavy (non-hydrogen) atoms. The van der Waals surface area contributed by atoms with Crippen molar-refractivity contribution in [2.75, 3.05) is 5.32 Å². The standard InChI is InChI=1S/C16H13Br2NO/c1-11-2-4-12(5-3-11)6-9-16(20)19-15-8-7-13(17)10-14(15)18/h2-10H,1H3,(H,19,20)/b9-6+. The van der Waals surface area contributed by atoms with Gasteiger partial charge in [0, 0.05) is 15.0 Å². The van der Waals surface area contributed by atoms with Crippen LogP contribution in [-0.2, 0) is 4.79 Å². The van der Waals surface area contributed by atoms with Gasteiger partial charge in [-0.15, -0.1) is 0 Å². The molecule has 0 spiro atoms. The quantitative estimate of drug-likeness (QED) is 0.714. The highest BCUT2D eigenvalue weighted by atomic mass is 79.9. The summed E-state index contributed by atoms with van der Waals surface area (Å²) in [7, 11) is 0. The van der Waals surface area contributed by atoms with Gasteiger partial charge in [-0.3, -0.25) is 4.79 Å². The summed E-state index contributed by atoms with van der Waals surface area (Å²) in [5, 5.41) is 2.83. The molecule has 0 aromatic heterocycles. The van der Waals surface area contributed by atoms with E-state index in [1.165, 1.54) is 11.6 Å². The average Bonchev–Trinajstić information content (AvgIpc) is 2.41. The molecule has 2 aromatic carbocycles. The van der Waals surface area contributed by atoms with Crippen LogP contribution in [0.1, 0.15) is 11.1 Å². The first-order valence-corrected chi connectivity index (χ1v) is 7.64. The van der Waals surface area contributed by atoms with E-state index in [4.69, 9.17) is 0 Å². The third-order valence-electron chi connectivity index (χ3n) is 2.69. The van der Waals surface area contributed by atoms with Gasteiger partial charge in [0.1, 0.15) is 0 Å². The van der Waals surface area contributed by atoms with Crippen molar-refractivity contribution in [3.05, 3.63) is 68.6 Å². The van der Waals surface area contributed by atoms with Crippen LogP contribution in [0.3, 0.4) is 0 Å². The van der Waals surface area contributed by atoms with Crippen molar-refractivity contribution in [3.63, 3.8) is 0 Å². The number of halogens is 2. The Morgan fingerprint density at radius 1 is 1.10 bits per heavy atom. The highest BCUT2D eigenvalue weighted by Gasteiger charge is 2.03. The van der Waals surface area contributed by atoms with Gasteiger partial charge in [0.2, 0.25) is 5.91 Å². The minimum absolute atomic E-state index is 0.159. The van der Waals surface area contributed by atoms with Crippen molar-refractivity contribution in [2.45, 2.75) is 6.92 Å². The number of hydrogen-bond donors (Lipinski definition) is 1. The van der Waals surface area contributed by atoms with Gasteiger partial charge in [0.25, 0.3) is 0 Å². The average molecular weight is 395 g/mol. The monoisotopic (exact) mass is 393 g/mol. The van der Waals surface area contributed by atoms with E-state index in [1.807, 2.05) is 49.4 Å². The van der Waals surface area contributed by atoms with Gasteiger partial charge in [-0.2, -0.15) is 0 Å². The number of aryl methyl sites for hydroxylation is 1. The molecule has 0 aliphatic heterocycles. The normalized spacial score (nSPS) is 10.8. The molecule has 0 unspecified atom stereocenters. The number of anilines is 1. The summed E-state index contributed by atoms with van der Waals surface area (Å²) in [6.07, 6.45) is 3.32. The summed E-state index contributed by atoms with van der Waals surface area (Å²) in [5.74, 6) is -0.159. The first-order valence-electron chi connectivity index (χ1n) is 6.05. The second-order valence-electron chi connectivity index (χ2n) is 4.36. The molecular weight excluding hydrogens is 382 g/mol. The van der Waals surface area contributed by atoms with Crippen LogP contribution < -0.4 is 5.32 Å².